The van der Waals surface area contributed by atoms with Crippen LogP contribution in [0.5, 0.6) is 11.5 Å². The lowest BCUT2D eigenvalue weighted by atomic mass is 10.00. The zero-order chi connectivity index (χ0) is 32.5. The highest BCUT2D eigenvalue weighted by Crippen LogP contribution is 2.46. The number of urea groups is 1. The molecule has 4 aromatic rings. The number of hydrogen-bond donors (Lipinski definition) is 1. The van der Waals surface area contributed by atoms with E-state index in [0.717, 1.165) is 54.1 Å². The molecule has 1 N–H and O–H groups in total. The first kappa shape index (κ1) is 31.5. The van der Waals surface area contributed by atoms with E-state index in [1.54, 1.807) is 18.9 Å². The maximum atomic E-state index is 13.3. The van der Waals surface area contributed by atoms with Gasteiger partial charge in [0.15, 0.2) is 11.0 Å². The van der Waals surface area contributed by atoms with Crippen LogP contribution in [0.2, 0.25) is 0 Å². The Morgan fingerprint density at radius 2 is 1.76 bits per heavy atom. The number of carbonyl (C=O) groups is 1. The first-order valence-electron chi connectivity index (χ1n) is 14.9. The minimum atomic E-state index is -4.76. The van der Waals surface area contributed by atoms with E-state index in [1.807, 2.05) is 36.4 Å². The van der Waals surface area contributed by atoms with Crippen molar-refractivity contribution in [1.82, 2.24) is 20.1 Å². The van der Waals surface area contributed by atoms with Crippen LogP contribution in [0, 0.1) is 0 Å². The number of methoxy groups -OCH3 is 1. The van der Waals surface area contributed by atoms with Gasteiger partial charge in [0.1, 0.15) is 17.8 Å². The fraction of sp³-hybridized carbons (Fsp3) is 0.333. The number of alkyl halides is 3. The molecule has 1 aromatic heterocycles. The molecule has 0 radical (unpaired) electrons. The van der Waals surface area contributed by atoms with Crippen LogP contribution >= 0.6 is 11.8 Å². The summed E-state index contributed by atoms with van der Waals surface area (Å²) in [5.74, 6) is 2.08. The normalized spacial score (nSPS) is 16.8. The van der Waals surface area contributed by atoms with Crippen molar-refractivity contribution in [3.63, 3.8) is 0 Å². The number of amidine groups is 1. The van der Waals surface area contributed by atoms with Gasteiger partial charge in [-0.05, 0) is 66.6 Å². The predicted molar refractivity (Wildman–Crippen MR) is 172 cm³/mol. The Morgan fingerprint density at radius 3 is 2.41 bits per heavy atom. The molecule has 9 nitrogen and oxygen atoms in total. The van der Waals surface area contributed by atoms with Crippen molar-refractivity contribution in [2.75, 3.05) is 24.3 Å². The van der Waals surface area contributed by atoms with Crippen LogP contribution in [0.15, 0.2) is 78.0 Å². The first-order chi connectivity index (χ1) is 22.0. The fourth-order valence-electron chi connectivity index (χ4n) is 5.44. The third-order valence-corrected chi connectivity index (χ3v) is 9.02. The van der Waals surface area contributed by atoms with Gasteiger partial charge in [0.25, 0.3) is 0 Å². The molecule has 1 saturated heterocycles. The Morgan fingerprint density at radius 1 is 1.04 bits per heavy atom. The summed E-state index contributed by atoms with van der Waals surface area (Å²) in [5.41, 5.74) is 3.95. The van der Waals surface area contributed by atoms with E-state index >= 15 is 0 Å². The summed E-state index contributed by atoms with van der Waals surface area (Å²) in [6, 6.07) is 18.7. The average Bonchev–Trinajstić information content (AvgIpc) is 3.64. The van der Waals surface area contributed by atoms with Crippen molar-refractivity contribution in [2.24, 2.45) is 4.99 Å². The quantitative estimate of drug-likeness (QED) is 0.209. The van der Waals surface area contributed by atoms with Crippen LogP contribution in [0.1, 0.15) is 50.2 Å². The number of aromatic nitrogens is 3. The van der Waals surface area contributed by atoms with E-state index in [4.69, 9.17) is 4.74 Å². The lowest BCUT2D eigenvalue weighted by Gasteiger charge is -2.32. The second kappa shape index (κ2) is 12.7. The molecule has 0 unspecified atom stereocenters. The van der Waals surface area contributed by atoms with Gasteiger partial charge >= 0.3 is 12.4 Å². The third-order valence-electron chi connectivity index (χ3n) is 7.95. The van der Waals surface area contributed by atoms with Crippen molar-refractivity contribution in [3.05, 3.63) is 84.2 Å². The lowest BCUT2D eigenvalue weighted by molar-refractivity contribution is -0.274. The van der Waals surface area contributed by atoms with Crippen LogP contribution < -0.4 is 19.7 Å². The van der Waals surface area contributed by atoms with Gasteiger partial charge < -0.3 is 19.7 Å². The van der Waals surface area contributed by atoms with Gasteiger partial charge in [0.2, 0.25) is 0 Å². The second-order valence-electron chi connectivity index (χ2n) is 11.5. The Bertz CT molecular complexity index is 1730. The van der Waals surface area contributed by atoms with Crippen molar-refractivity contribution in [3.8, 4) is 28.6 Å². The van der Waals surface area contributed by atoms with Gasteiger partial charge in [-0.25, -0.2) is 14.5 Å². The molecule has 1 aliphatic heterocycles. The number of benzene rings is 3. The summed E-state index contributed by atoms with van der Waals surface area (Å²) in [6.07, 6.45) is -0.684. The van der Waals surface area contributed by atoms with E-state index in [1.165, 1.54) is 40.8 Å². The summed E-state index contributed by atoms with van der Waals surface area (Å²) in [5, 5.41) is 8.31. The number of anilines is 1. The highest BCUT2D eigenvalue weighted by Gasteiger charge is 2.46. The van der Waals surface area contributed by atoms with Crippen LogP contribution in [0.3, 0.4) is 0 Å². The second-order valence-corrected chi connectivity index (χ2v) is 12.5. The van der Waals surface area contributed by atoms with Gasteiger partial charge in [-0.2, -0.15) is 4.99 Å². The lowest BCUT2D eigenvalue weighted by Crippen LogP contribution is -2.38. The molecule has 0 atom stereocenters. The summed E-state index contributed by atoms with van der Waals surface area (Å²) in [4.78, 5) is 24.4. The number of nitrogens with one attached hydrogen (secondary N) is 1. The molecule has 1 saturated carbocycles. The Kier molecular flexibility index (Phi) is 8.69. The Labute approximate surface area is 268 Å². The van der Waals surface area contributed by atoms with Crippen LogP contribution in [-0.4, -0.2) is 51.7 Å². The van der Waals surface area contributed by atoms with Crippen molar-refractivity contribution >= 4 is 28.6 Å². The van der Waals surface area contributed by atoms with Gasteiger partial charge in [-0.1, -0.05) is 55.9 Å². The average molecular weight is 651 g/mol. The standard InChI is InChI=1S/C33H33F3N6O3S/c1-21(2)27-14-13-26(44-3)19-28(27)41-17-4-18-46-31(41)38-30(43)39-32(15-16-32)23-7-5-22(6-8-23)29-37-20-42(40-29)24-9-11-25(12-10-24)45-33(34,35)36/h5-14,19-21H,4,15-18H2,1-3H3,(H,39,43)/b38-31-. The minimum absolute atomic E-state index is 0.290. The monoisotopic (exact) mass is 650 g/mol. The van der Waals surface area contributed by atoms with E-state index in [-0.39, 0.29) is 17.7 Å². The van der Waals surface area contributed by atoms with Gasteiger partial charge in [0, 0.05) is 29.6 Å². The molecule has 2 heterocycles. The number of ether oxygens (including phenoxy) is 2. The highest BCUT2D eigenvalue weighted by atomic mass is 32.2. The molecule has 6 rings (SSSR count). The van der Waals surface area contributed by atoms with Gasteiger partial charge in [-0.15, -0.1) is 18.3 Å². The molecule has 1 aliphatic carbocycles. The molecule has 0 spiro atoms. The largest absolute Gasteiger partial charge is 0.573 e. The SMILES string of the molecule is COc1ccc(C(C)C)c(N2CCCS/C2=N\C(=O)NC2(c3ccc(-c4ncn(-c5ccc(OC(F)(F)F)cc5)n4)cc3)CC2)c1. The van der Waals surface area contributed by atoms with E-state index in [2.05, 4.69) is 49.9 Å². The maximum absolute atomic E-state index is 13.3. The molecule has 2 fully saturated rings. The molecule has 0 bridgehead atoms. The topological polar surface area (TPSA) is 93.9 Å². The molecule has 240 valence electrons. The molecular weight excluding hydrogens is 617 g/mol. The van der Waals surface area contributed by atoms with Crippen LogP contribution in [0.4, 0.5) is 23.7 Å². The molecule has 3 aromatic carbocycles. The van der Waals surface area contributed by atoms with Crippen molar-refractivity contribution < 1.29 is 27.4 Å². The first-order valence-corrected chi connectivity index (χ1v) is 15.9. The Balaban J connectivity index is 1.15. The molecule has 2 aliphatic rings. The predicted octanol–water partition coefficient (Wildman–Crippen LogP) is 7.66. The number of aliphatic imine (C=N–C) groups is 1. The van der Waals surface area contributed by atoms with Gasteiger partial charge in [0.05, 0.1) is 18.3 Å². The highest BCUT2D eigenvalue weighted by molar-refractivity contribution is 8.14. The Hall–Kier alpha value is -4.52. The third kappa shape index (κ3) is 6.99. The summed E-state index contributed by atoms with van der Waals surface area (Å²) in [7, 11) is 1.65. The van der Waals surface area contributed by atoms with Gasteiger partial charge in [-0.3, -0.25) is 0 Å². The number of amides is 2. The zero-order valence-corrected chi connectivity index (χ0v) is 26.4. The maximum Gasteiger partial charge on any atom is 0.573 e. The number of hydrogen-bond acceptors (Lipinski definition) is 6. The van der Waals surface area contributed by atoms with Crippen LogP contribution in [-0.2, 0) is 5.54 Å². The molecule has 13 heteroatoms. The summed E-state index contributed by atoms with van der Waals surface area (Å²) in [6.45, 7) is 5.06. The van der Waals surface area contributed by atoms with Crippen LogP contribution in [0.25, 0.3) is 17.1 Å². The molecule has 2 amide bonds. The number of rotatable bonds is 8. The number of halogens is 3. The fourth-order valence-corrected chi connectivity index (χ4v) is 6.39. The zero-order valence-electron chi connectivity index (χ0n) is 25.5. The van der Waals surface area contributed by atoms with E-state index in [0.29, 0.717) is 16.7 Å². The molecular formula is C33H33F3N6O3S. The number of thioether (sulfide) groups is 1. The van der Waals surface area contributed by atoms with E-state index in [9.17, 15) is 18.0 Å². The van der Waals surface area contributed by atoms with E-state index < -0.39 is 11.9 Å². The summed E-state index contributed by atoms with van der Waals surface area (Å²) >= 11 is 1.58. The molecule has 46 heavy (non-hydrogen) atoms. The summed E-state index contributed by atoms with van der Waals surface area (Å²) < 4.78 is 48.3. The van der Waals surface area contributed by atoms with Crippen molar-refractivity contribution in [1.29, 1.82) is 0 Å². The smallest absolute Gasteiger partial charge is 0.497 e. The minimum Gasteiger partial charge on any atom is -0.497 e. The number of nitrogens with zero attached hydrogens (tertiary/aromatic N) is 5. The van der Waals surface area contributed by atoms with Crippen molar-refractivity contribution in [2.45, 2.75) is 50.9 Å². The number of carbonyl (C=O) groups excluding carboxylic acids is 1.